The molecule has 0 aliphatic carbocycles. The molecular formula is C24H21N3O5. The molecule has 0 bridgehead atoms. The van der Waals surface area contributed by atoms with Crippen molar-refractivity contribution in [1.29, 1.82) is 0 Å². The van der Waals surface area contributed by atoms with Crippen molar-refractivity contribution in [2.45, 2.75) is 6.92 Å². The average Bonchev–Trinajstić information content (AvgIpc) is 2.80. The molecule has 162 valence electrons. The second kappa shape index (κ2) is 10.5. The maximum absolute atomic E-state index is 12.4. The Hall–Kier alpha value is -4.46. The number of nitrogens with zero attached hydrogens (tertiary/aromatic N) is 1. The van der Waals surface area contributed by atoms with Crippen molar-refractivity contribution in [2.24, 2.45) is 0 Å². The van der Waals surface area contributed by atoms with Crippen LogP contribution in [0.1, 0.15) is 22.8 Å². The Bertz CT molecular complexity index is 1120. The van der Waals surface area contributed by atoms with Crippen molar-refractivity contribution in [3.63, 3.8) is 0 Å². The molecular weight excluding hydrogens is 410 g/mol. The van der Waals surface area contributed by atoms with E-state index in [1.807, 2.05) is 6.92 Å². The van der Waals surface area contributed by atoms with E-state index in [0.29, 0.717) is 29.1 Å². The number of non-ortho nitro benzene ring substituents is 1. The van der Waals surface area contributed by atoms with Gasteiger partial charge in [0.05, 0.1) is 11.5 Å². The number of benzene rings is 3. The largest absolute Gasteiger partial charge is 0.494 e. The zero-order valence-electron chi connectivity index (χ0n) is 17.3. The van der Waals surface area contributed by atoms with Gasteiger partial charge >= 0.3 is 0 Å². The van der Waals surface area contributed by atoms with Crippen molar-refractivity contribution in [3.8, 4) is 5.75 Å². The van der Waals surface area contributed by atoms with Crippen molar-refractivity contribution >= 4 is 35.0 Å². The van der Waals surface area contributed by atoms with Gasteiger partial charge in [-0.3, -0.25) is 19.7 Å². The van der Waals surface area contributed by atoms with Crippen molar-refractivity contribution in [2.75, 3.05) is 17.2 Å². The summed E-state index contributed by atoms with van der Waals surface area (Å²) < 4.78 is 5.37. The molecule has 3 rings (SSSR count). The molecule has 8 nitrogen and oxygen atoms in total. The van der Waals surface area contributed by atoms with Gasteiger partial charge in [-0.1, -0.05) is 0 Å². The molecule has 0 radical (unpaired) electrons. The van der Waals surface area contributed by atoms with Crippen LogP contribution in [0.2, 0.25) is 0 Å². The van der Waals surface area contributed by atoms with Crippen LogP contribution < -0.4 is 15.4 Å². The van der Waals surface area contributed by atoms with Crippen molar-refractivity contribution < 1.29 is 19.2 Å². The molecule has 3 aromatic carbocycles. The molecule has 0 spiro atoms. The van der Waals surface area contributed by atoms with E-state index < -0.39 is 4.92 Å². The lowest BCUT2D eigenvalue weighted by atomic mass is 10.1. The number of nitro groups is 1. The summed E-state index contributed by atoms with van der Waals surface area (Å²) in [4.78, 5) is 34.7. The van der Waals surface area contributed by atoms with Gasteiger partial charge in [-0.25, -0.2) is 0 Å². The molecule has 0 aliphatic rings. The summed E-state index contributed by atoms with van der Waals surface area (Å²) in [6.45, 7) is 2.47. The zero-order chi connectivity index (χ0) is 22.9. The van der Waals surface area contributed by atoms with Crippen LogP contribution in [-0.2, 0) is 4.79 Å². The first-order chi connectivity index (χ1) is 15.4. The van der Waals surface area contributed by atoms with Crippen LogP contribution in [0.4, 0.5) is 17.1 Å². The van der Waals surface area contributed by atoms with E-state index in [-0.39, 0.29) is 17.5 Å². The van der Waals surface area contributed by atoms with E-state index in [9.17, 15) is 19.7 Å². The first kappa shape index (κ1) is 22.2. The lowest BCUT2D eigenvalue weighted by Crippen LogP contribution is -2.12. The Morgan fingerprint density at radius 2 is 1.50 bits per heavy atom. The molecule has 2 amide bonds. The van der Waals surface area contributed by atoms with Crippen LogP contribution in [0.25, 0.3) is 6.08 Å². The van der Waals surface area contributed by atoms with Gasteiger partial charge in [-0.2, -0.15) is 0 Å². The number of amides is 2. The van der Waals surface area contributed by atoms with Gasteiger partial charge in [0.15, 0.2) is 0 Å². The second-order valence-corrected chi connectivity index (χ2v) is 6.66. The van der Waals surface area contributed by atoms with Crippen molar-refractivity contribution in [3.05, 3.63) is 100 Å². The predicted octanol–water partition coefficient (Wildman–Crippen LogP) is 4.90. The highest BCUT2D eigenvalue weighted by atomic mass is 16.6. The fourth-order valence-corrected chi connectivity index (χ4v) is 2.77. The smallest absolute Gasteiger partial charge is 0.269 e. The number of anilines is 2. The van der Waals surface area contributed by atoms with Crippen LogP contribution in [0.3, 0.4) is 0 Å². The average molecular weight is 431 g/mol. The van der Waals surface area contributed by atoms with E-state index in [2.05, 4.69) is 10.6 Å². The van der Waals surface area contributed by atoms with E-state index in [4.69, 9.17) is 4.74 Å². The maximum atomic E-state index is 12.4. The highest BCUT2D eigenvalue weighted by Gasteiger charge is 2.07. The Kier molecular flexibility index (Phi) is 7.32. The third-order valence-corrected chi connectivity index (χ3v) is 4.37. The molecule has 3 aromatic rings. The quantitative estimate of drug-likeness (QED) is 0.299. The normalized spacial score (nSPS) is 10.5. The Balaban J connectivity index is 1.54. The monoisotopic (exact) mass is 431 g/mol. The first-order valence-electron chi connectivity index (χ1n) is 9.82. The minimum atomic E-state index is -0.484. The number of nitro benzene ring substituents is 1. The summed E-state index contributed by atoms with van der Waals surface area (Å²) in [6.07, 6.45) is 2.88. The number of carbonyl (C=O) groups is 2. The van der Waals surface area contributed by atoms with Crippen LogP contribution in [0.5, 0.6) is 5.75 Å². The molecule has 0 atom stereocenters. The van der Waals surface area contributed by atoms with Crippen LogP contribution in [0, 0.1) is 10.1 Å². The lowest BCUT2D eigenvalue weighted by molar-refractivity contribution is -0.384. The molecule has 0 unspecified atom stereocenters. The van der Waals surface area contributed by atoms with Gasteiger partial charge in [0.25, 0.3) is 11.6 Å². The molecule has 0 fully saturated rings. The number of hydrogen-bond donors (Lipinski definition) is 2. The highest BCUT2D eigenvalue weighted by Crippen LogP contribution is 2.17. The molecule has 2 N–H and O–H groups in total. The fraction of sp³-hybridized carbons (Fsp3) is 0.0833. The van der Waals surface area contributed by atoms with Gasteiger partial charge in [-0.05, 0) is 79.2 Å². The summed E-state index contributed by atoms with van der Waals surface area (Å²) in [5, 5.41) is 16.2. The summed E-state index contributed by atoms with van der Waals surface area (Å²) >= 11 is 0. The molecule has 0 heterocycles. The topological polar surface area (TPSA) is 111 Å². The molecule has 0 saturated heterocycles. The Morgan fingerprint density at radius 3 is 2.09 bits per heavy atom. The predicted molar refractivity (Wildman–Crippen MR) is 123 cm³/mol. The van der Waals surface area contributed by atoms with Gasteiger partial charge in [0.2, 0.25) is 5.91 Å². The van der Waals surface area contributed by atoms with Gasteiger partial charge in [-0.15, -0.1) is 0 Å². The summed E-state index contributed by atoms with van der Waals surface area (Å²) in [5.74, 6) is 0.0910. The molecule has 8 heteroatoms. The van der Waals surface area contributed by atoms with E-state index in [1.54, 1.807) is 66.7 Å². The van der Waals surface area contributed by atoms with Crippen LogP contribution >= 0.6 is 0 Å². The fourth-order valence-electron chi connectivity index (χ4n) is 2.77. The Morgan fingerprint density at radius 1 is 0.906 bits per heavy atom. The SMILES string of the molecule is CCOc1ccc(NC(=O)c2ccc(NC(=O)C=Cc3ccc([N+](=O)[O-])cc3)cc2)cc1. The first-order valence-corrected chi connectivity index (χ1v) is 9.82. The number of carbonyl (C=O) groups excluding carboxylic acids is 2. The Labute approximate surface area is 184 Å². The summed E-state index contributed by atoms with van der Waals surface area (Å²) in [7, 11) is 0. The zero-order valence-corrected chi connectivity index (χ0v) is 17.3. The standard InChI is InChI=1S/C24H21N3O5/c1-2-32-22-14-10-20(11-15-22)26-24(29)18-6-8-19(9-7-18)25-23(28)16-5-17-3-12-21(13-4-17)27(30)31/h3-16H,2H2,1H3,(H,25,28)(H,26,29). The highest BCUT2D eigenvalue weighted by molar-refractivity contribution is 6.05. The molecule has 0 aromatic heterocycles. The van der Waals surface area contributed by atoms with E-state index in [0.717, 1.165) is 5.75 Å². The van der Waals surface area contributed by atoms with Gasteiger partial charge in [0, 0.05) is 35.1 Å². The lowest BCUT2D eigenvalue weighted by Gasteiger charge is -2.08. The minimum absolute atomic E-state index is 0.0155. The van der Waals surface area contributed by atoms with Gasteiger partial charge in [0.1, 0.15) is 5.75 Å². The third-order valence-electron chi connectivity index (χ3n) is 4.37. The number of rotatable bonds is 8. The van der Waals surface area contributed by atoms with E-state index in [1.165, 1.54) is 18.2 Å². The number of ether oxygens (including phenoxy) is 1. The van der Waals surface area contributed by atoms with Gasteiger partial charge < -0.3 is 15.4 Å². The summed E-state index contributed by atoms with van der Waals surface area (Å²) in [5.41, 5.74) is 2.26. The molecule has 0 aliphatic heterocycles. The minimum Gasteiger partial charge on any atom is -0.494 e. The number of hydrogen-bond acceptors (Lipinski definition) is 5. The summed E-state index contributed by atoms with van der Waals surface area (Å²) in [6, 6.07) is 19.4. The third kappa shape index (κ3) is 6.27. The molecule has 32 heavy (non-hydrogen) atoms. The second-order valence-electron chi connectivity index (χ2n) is 6.66. The maximum Gasteiger partial charge on any atom is 0.269 e. The van der Waals surface area contributed by atoms with E-state index >= 15 is 0 Å². The van der Waals surface area contributed by atoms with Crippen molar-refractivity contribution in [1.82, 2.24) is 0 Å². The molecule has 0 saturated carbocycles. The van der Waals surface area contributed by atoms with Crippen LogP contribution in [-0.4, -0.2) is 23.3 Å². The van der Waals surface area contributed by atoms with Crippen LogP contribution in [0.15, 0.2) is 78.9 Å². The number of nitrogens with one attached hydrogen (secondary N) is 2.